The SMILES string of the molecule is O=C(O)C1C=CC([N+](=O)[O-])=C(Cl)O1. The highest BCUT2D eigenvalue weighted by molar-refractivity contribution is 6.28. The van der Waals surface area contributed by atoms with Crippen molar-refractivity contribution in [1.82, 2.24) is 0 Å². The minimum absolute atomic E-state index is 0.445. The van der Waals surface area contributed by atoms with E-state index in [4.69, 9.17) is 16.7 Å². The number of halogens is 1. The maximum absolute atomic E-state index is 10.3. The zero-order valence-electron chi connectivity index (χ0n) is 6.14. The molecule has 0 bridgehead atoms. The van der Waals surface area contributed by atoms with E-state index in [-0.39, 0.29) is 0 Å². The predicted molar refractivity (Wildman–Crippen MR) is 41.5 cm³/mol. The Morgan fingerprint density at radius 3 is 2.77 bits per heavy atom. The summed E-state index contributed by atoms with van der Waals surface area (Å²) >= 11 is 5.32. The lowest BCUT2D eigenvalue weighted by atomic mass is 10.2. The number of ether oxygens (including phenoxy) is 1. The molecular formula is C6H4ClNO5. The number of hydrogen-bond acceptors (Lipinski definition) is 4. The average Bonchev–Trinajstić information content (AvgIpc) is 2.03. The van der Waals surface area contributed by atoms with Gasteiger partial charge in [0.05, 0.1) is 4.92 Å². The van der Waals surface area contributed by atoms with E-state index in [1.165, 1.54) is 0 Å². The van der Waals surface area contributed by atoms with Crippen molar-refractivity contribution in [1.29, 1.82) is 0 Å². The Bertz CT molecular complexity index is 321. The van der Waals surface area contributed by atoms with Gasteiger partial charge in [-0.15, -0.1) is 0 Å². The number of carboxylic acid groups (broad SMARTS) is 1. The number of carboxylic acids is 1. The van der Waals surface area contributed by atoms with E-state index in [0.29, 0.717) is 0 Å². The Labute approximate surface area is 77.2 Å². The van der Waals surface area contributed by atoms with Gasteiger partial charge in [0, 0.05) is 6.08 Å². The number of hydrogen-bond donors (Lipinski definition) is 1. The van der Waals surface area contributed by atoms with Gasteiger partial charge >= 0.3 is 11.7 Å². The molecule has 0 aromatic heterocycles. The molecule has 0 spiro atoms. The summed E-state index contributed by atoms with van der Waals surface area (Å²) in [5.74, 6) is -1.25. The third-order valence-corrected chi connectivity index (χ3v) is 1.58. The van der Waals surface area contributed by atoms with Gasteiger partial charge in [0.1, 0.15) is 0 Å². The first-order chi connectivity index (χ1) is 6.02. The molecule has 1 N–H and O–H groups in total. The molecule has 0 aromatic rings. The predicted octanol–water partition coefficient (Wildman–Crippen LogP) is 0.711. The molecule has 13 heavy (non-hydrogen) atoms. The minimum Gasteiger partial charge on any atom is -0.478 e. The molecule has 1 rings (SSSR count). The van der Waals surface area contributed by atoms with Gasteiger partial charge in [-0.3, -0.25) is 10.1 Å². The zero-order valence-corrected chi connectivity index (χ0v) is 6.89. The summed E-state index contributed by atoms with van der Waals surface area (Å²) in [4.78, 5) is 19.8. The van der Waals surface area contributed by atoms with Crippen LogP contribution in [-0.2, 0) is 9.53 Å². The van der Waals surface area contributed by atoms with Crippen LogP contribution in [0.15, 0.2) is 23.1 Å². The van der Waals surface area contributed by atoms with Crippen LogP contribution in [0, 0.1) is 10.1 Å². The van der Waals surface area contributed by atoms with Crippen LogP contribution in [-0.4, -0.2) is 22.1 Å². The van der Waals surface area contributed by atoms with Gasteiger partial charge in [0.15, 0.2) is 0 Å². The lowest BCUT2D eigenvalue weighted by Crippen LogP contribution is -2.23. The molecule has 6 nitrogen and oxygen atoms in total. The largest absolute Gasteiger partial charge is 0.478 e. The normalized spacial score (nSPS) is 21.2. The van der Waals surface area contributed by atoms with E-state index in [1.54, 1.807) is 0 Å². The molecule has 1 unspecified atom stereocenters. The van der Waals surface area contributed by atoms with Crippen molar-refractivity contribution in [3.63, 3.8) is 0 Å². The Morgan fingerprint density at radius 1 is 1.77 bits per heavy atom. The standard InChI is InChI=1S/C6H4ClNO5/c7-5-3(8(11)12)1-2-4(13-5)6(9)10/h1-2,4H,(H,9,10). The Morgan fingerprint density at radius 2 is 2.38 bits per heavy atom. The molecule has 0 saturated carbocycles. The smallest absolute Gasteiger partial charge is 0.349 e. The van der Waals surface area contributed by atoms with Crippen molar-refractivity contribution < 1.29 is 19.6 Å². The second kappa shape index (κ2) is 3.44. The highest BCUT2D eigenvalue weighted by atomic mass is 35.5. The fourth-order valence-electron chi connectivity index (χ4n) is 0.721. The van der Waals surface area contributed by atoms with Gasteiger partial charge < -0.3 is 9.84 Å². The second-order valence-electron chi connectivity index (χ2n) is 2.15. The Kier molecular flexibility index (Phi) is 2.52. The number of allylic oxidation sites excluding steroid dienone is 1. The van der Waals surface area contributed by atoms with Crippen molar-refractivity contribution in [2.45, 2.75) is 6.10 Å². The number of aliphatic carboxylic acids is 1. The Hall–Kier alpha value is -1.56. The molecule has 1 atom stereocenters. The number of nitro groups is 1. The summed E-state index contributed by atoms with van der Waals surface area (Å²) in [6.07, 6.45) is 0.799. The molecule has 0 saturated heterocycles. The van der Waals surface area contributed by atoms with Crippen molar-refractivity contribution >= 4 is 17.6 Å². The number of nitrogens with zero attached hydrogens (tertiary/aromatic N) is 1. The molecule has 1 heterocycles. The van der Waals surface area contributed by atoms with Crippen molar-refractivity contribution in [2.75, 3.05) is 0 Å². The van der Waals surface area contributed by atoms with E-state index in [2.05, 4.69) is 4.74 Å². The third kappa shape index (κ3) is 1.97. The van der Waals surface area contributed by atoms with Crippen molar-refractivity contribution in [3.8, 4) is 0 Å². The highest BCUT2D eigenvalue weighted by Crippen LogP contribution is 2.21. The van der Waals surface area contributed by atoms with Gasteiger partial charge in [-0.1, -0.05) is 0 Å². The maximum atomic E-state index is 10.3. The lowest BCUT2D eigenvalue weighted by Gasteiger charge is -2.12. The second-order valence-corrected chi connectivity index (χ2v) is 2.50. The fourth-order valence-corrected chi connectivity index (χ4v) is 0.949. The van der Waals surface area contributed by atoms with Gasteiger partial charge in [-0.25, -0.2) is 4.79 Å². The van der Waals surface area contributed by atoms with Gasteiger partial charge in [-0.2, -0.15) is 0 Å². The van der Waals surface area contributed by atoms with E-state index < -0.39 is 27.9 Å². The minimum atomic E-state index is -1.25. The average molecular weight is 206 g/mol. The highest BCUT2D eigenvalue weighted by Gasteiger charge is 2.27. The summed E-state index contributed by atoms with van der Waals surface area (Å²) < 4.78 is 4.54. The quantitative estimate of drug-likeness (QED) is 0.530. The molecule has 0 aromatic carbocycles. The van der Waals surface area contributed by atoms with E-state index in [0.717, 1.165) is 12.2 Å². The summed E-state index contributed by atoms with van der Waals surface area (Å²) in [7, 11) is 0. The molecule has 0 fully saturated rings. The van der Waals surface area contributed by atoms with Crippen LogP contribution >= 0.6 is 11.6 Å². The molecular weight excluding hydrogens is 202 g/mol. The van der Waals surface area contributed by atoms with Gasteiger partial charge in [0.25, 0.3) is 5.22 Å². The first kappa shape index (κ1) is 9.53. The third-order valence-electron chi connectivity index (χ3n) is 1.30. The lowest BCUT2D eigenvalue weighted by molar-refractivity contribution is -0.422. The zero-order chi connectivity index (χ0) is 10.0. The Balaban J connectivity index is 2.87. The topological polar surface area (TPSA) is 89.7 Å². The van der Waals surface area contributed by atoms with Crippen LogP contribution in [0.25, 0.3) is 0 Å². The molecule has 0 aliphatic carbocycles. The van der Waals surface area contributed by atoms with Crippen molar-refractivity contribution in [2.24, 2.45) is 0 Å². The van der Waals surface area contributed by atoms with Gasteiger partial charge in [-0.05, 0) is 17.7 Å². The van der Waals surface area contributed by atoms with Crippen LogP contribution in [0.4, 0.5) is 0 Å². The van der Waals surface area contributed by atoms with Crippen LogP contribution in [0.2, 0.25) is 0 Å². The fraction of sp³-hybridized carbons (Fsp3) is 0.167. The summed E-state index contributed by atoms with van der Waals surface area (Å²) in [6, 6.07) is 0. The van der Waals surface area contributed by atoms with Crippen molar-refractivity contribution in [3.05, 3.63) is 33.2 Å². The van der Waals surface area contributed by atoms with E-state index in [9.17, 15) is 14.9 Å². The summed E-state index contributed by atoms with van der Waals surface area (Å²) in [6.45, 7) is 0. The molecule has 70 valence electrons. The first-order valence-electron chi connectivity index (χ1n) is 3.14. The van der Waals surface area contributed by atoms with Crippen LogP contribution in [0.5, 0.6) is 0 Å². The van der Waals surface area contributed by atoms with Crippen LogP contribution < -0.4 is 0 Å². The molecule has 1 aliphatic rings. The molecule has 0 amide bonds. The van der Waals surface area contributed by atoms with Crippen LogP contribution in [0.1, 0.15) is 0 Å². The van der Waals surface area contributed by atoms with Crippen LogP contribution in [0.3, 0.4) is 0 Å². The molecule has 7 heteroatoms. The van der Waals surface area contributed by atoms with E-state index in [1.807, 2.05) is 0 Å². The number of rotatable bonds is 2. The first-order valence-corrected chi connectivity index (χ1v) is 3.52. The molecule has 0 radical (unpaired) electrons. The van der Waals surface area contributed by atoms with E-state index >= 15 is 0 Å². The maximum Gasteiger partial charge on any atom is 0.349 e. The molecule has 1 aliphatic heterocycles. The number of carbonyl (C=O) groups is 1. The van der Waals surface area contributed by atoms with Gasteiger partial charge in [0.2, 0.25) is 6.10 Å². The monoisotopic (exact) mass is 205 g/mol. The summed E-state index contributed by atoms with van der Waals surface area (Å²) in [5, 5.41) is 18.2. The summed E-state index contributed by atoms with van der Waals surface area (Å²) in [5.41, 5.74) is -0.445.